The van der Waals surface area contributed by atoms with Gasteiger partial charge in [-0.15, -0.1) is 0 Å². The number of carbonyl (C=O) groups is 2. The van der Waals surface area contributed by atoms with Crippen LogP contribution < -0.4 is 9.64 Å². The van der Waals surface area contributed by atoms with E-state index in [1.165, 1.54) is 4.90 Å². The highest BCUT2D eigenvalue weighted by Gasteiger charge is 2.31. The molecule has 1 aromatic rings. The van der Waals surface area contributed by atoms with E-state index in [1.54, 1.807) is 19.4 Å². The molecule has 8 heteroatoms. The van der Waals surface area contributed by atoms with Gasteiger partial charge in [-0.1, -0.05) is 0 Å². The third-order valence-corrected chi connectivity index (χ3v) is 4.17. The summed E-state index contributed by atoms with van der Waals surface area (Å²) in [6, 6.07) is 1.56. The summed E-state index contributed by atoms with van der Waals surface area (Å²) in [4.78, 5) is 35.6. The molecule has 1 N–H and O–H groups in total. The van der Waals surface area contributed by atoms with Crippen LogP contribution in [0, 0.1) is 5.92 Å². The van der Waals surface area contributed by atoms with Crippen molar-refractivity contribution in [1.82, 2.24) is 14.9 Å². The maximum Gasteiger partial charge on any atom is 0.323 e. The number of aliphatic carboxylic acids is 1. The van der Waals surface area contributed by atoms with Crippen molar-refractivity contribution in [2.45, 2.75) is 32.7 Å². The van der Waals surface area contributed by atoms with Gasteiger partial charge >= 0.3 is 5.97 Å². The van der Waals surface area contributed by atoms with Crippen LogP contribution in [0.5, 0.6) is 5.88 Å². The van der Waals surface area contributed by atoms with Gasteiger partial charge in [0.15, 0.2) is 0 Å². The Morgan fingerprint density at radius 3 is 2.62 bits per heavy atom. The van der Waals surface area contributed by atoms with Crippen LogP contribution in [0.4, 0.5) is 5.95 Å². The maximum absolute atomic E-state index is 12.6. The average Bonchev–Trinajstić information content (AvgIpc) is 2.59. The largest absolute Gasteiger partial charge is 0.481 e. The molecule has 132 valence electrons. The minimum atomic E-state index is -0.987. The molecule has 1 fully saturated rings. The number of hydrogen-bond donors (Lipinski definition) is 1. The van der Waals surface area contributed by atoms with Crippen molar-refractivity contribution in [2.24, 2.45) is 5.92 Å². The number of aromatic nitrogens is 2. The van der Waals surface area contributed by atoms with E-state index in [4.69, 9.17) is 9.84 Å². The SMILES string of the molecule is COc1ccnc(N2CCC(C(=O)N(CC(=O)O)C(C)C)CC2)n1. The Bertz CT molecular complexity index is 585. The first-order valence-electron chi connectivity index (χ1n) is 8.06. The van der Waals surface area contributed by atoms with Crippen molar-refractivity contribution in [3.63, 3.8) is 0 Å². The lowest BCUT2D eigenvalue weighted by Gasteiger charge is -2.35. The van der Waals surface area contributed by atoms with Crippen molar-refractivity contribution >= 4 is 17.8 Å². The van der Waals surface area contributed by atoms with Gasteiger partial charge in [0.2, 0.25) is 17.7 Å². The average molecular weight is 336 g/mol. The van der Waals surface area contributed by atoms with Crippen molar-refractivity contribution < 1.29 is 19.4 Å². The van der Waals surface area contributed by atoms with Crippen LogP contribution in [0.1, 0.15) is 26.7 Å². The van der Waals surface area contributed by atoms with Crippen LogP contribution in [-0.4, -0.2) is 64.6 Å². The molecular weight excluding hydrogens is 312 g/mol. The molecule has 24 heavy (non-hydrogen) atoms. The quantitative estimate of drug-likeness (QED) is 0.828. The van der Waals surface area contributed by atoms with E-state index >= 15 is 0 Å². The first kappa shape index (κ1) is 18.0. The molecule has 0 spiro atoms. The summed E-state index contributed by atoms with van der Waals surface area (Å²) >= 11 is 0. The van der Waals surface area contributed by atoms with Crippen molar-refractivity contribution in [2.75, 3.05) is 31.6 Å². The summed E-state index contributed by atoms with van der Waals surface area (Å²) in [6.07, 6.45) is 2.95. The Kier molecular flexibility index (Phi) is 5.94. The monoisotopic (exact) mass is 336 g/mol. The minimum absolute atomic E-state index is 0.0846. The van der Waals surface area contributed by atoms with Crippen LogP contribution in [0.3, 0.4) is 0 Å². The highest BCUT2D eigenvalue weighted by Crippen LogP contribution is 2.24. The van der Waals surface area contributed by atoms with Gasteiger partial charge in [0.25, 0.3) is 0 Å². The molecule has 8 nitrogen and oxygen atoms in total. The molecule has 2 rings (SSSR count). The van der Waals surface area contributed by atoms with Gasteiger partial charge in [-0.05, 0) is 26.7 Å². The van der Waals surface area contributed by atoms with Gasteiger partial charge in [-0.25, -0.2) is 4.98 Å². The third-order valence-electron chi connectivity index (χ3n) is 4.17. The Hall–Kier alpha value is -2.38. The van der Waals surface area contributed by atoms with E-state index < -0.39 is 5.97 Å². The van der Waals surface area contributed by atoms with Crippen molar-refractivity contribution in [3.8, 4) is 5.88 Å². The van der Waals surface area contributed by atoms with E-state index in [0.29, 0.717) is 37.8 Å². The topological polar surface area (TPSA) is 95.9 Å². The number of amides is 1. The number of hydrogen-bond acceptors (Lipinski definition) is 6. The molecule has 1 aromatic heterocycles. The van der Waals surface area contributed by atoms with Gasteiger partial charge in [-0.2, -0.15) is 4.98 Å². The summed E-state index contributed by atoms with van der Waals surface area (Å²) in [5.74, 6) is -0.136. The standard InChI is InChI=1S/C16H24N4O4/c1-11(2)20(10-14(21)22)15(23)12-5-8-19(9-6-12)16-17-7-4-13(18-16)24-3/h4,7,11-12H,5-6,8-10H2,1-3H3,(H,21,22). The second-order valence-electron chi connectivity index (χ2n) is 6.11. The van der Waals surface area contributed by atoms with E-state index in [9.17, 15) is 9.59 Å². The summed E-state index contributed by atoms with van der Waals surface area (Å²) in [5.41, 5.74) is 0. The Morgan fingerprint density at radius 2 is 2.08 bits per heavy atom. The molecule has 0 radical (unpaired) electrons. The number of piperidine rings is 1. The fraction of sp³-hybridized carbons (Fsp3) is 0.625. The van der Waals surface area contributed by atoms with Crippen molar-refractivity contribution in [3.05, 3.63) is 12.3 Å². The Morgan fingerprint density at radius 1 is 1.42 bits per heavy atom. The van der Waals surface area contributed by atoms with Gasteiger partial charge < -0.3 is 19.6 Å². The first-order valence-corrected chi connectivity index (χ1v) is 8.06. The molecule has 0 aromatic carbocycles. The van der Waals surface area contributed by atoms with Crippen LogP contribution >= 0.6 is 0 Å². The number of ether oxygens (including phenoxy) is 1. The zero-order valence-electron chi connectivity index (χ0n) is 14.3. The fourth-order valence-corrected chi connectivity index (χ4v) is 2.82. The fourth-order valence-electron chi connectivity index (χ4n) is 2.82. The molecule has 0 atom stereocenters. The number of rotatable bonds is 6. The second kappa shape index (κ2) is 7.94. The van der Waals surface area contributed by atoms with Crippen LogP contribution in [0.25, 0.3) is 0 Å². The first-order chi connectivity index (χ1) is 11.4. The second-order valence-corrected chi connectivity index (χ2v) is 6.11. The van der Waals surface area contributed by atoms with Crippen LogP contribution in [0.15, 0.2) is 12.3 Å². The zero-order chi connectivity index (χ0) is 17.7. The number of anilines is 1. The van der Waals surface area contributed by atoms with Gasteiger partial charge in [0.1, 0.15) is 6.54 Å². The summed E-state index contributed by atoms with van der Waals surface area (Å²) in [5, 5.41) is 8.99. The van der Waals surface area contributed by atoms with Crippen LogP contribution in [0.2, 0.25) is 0 Å². The molecule has 0 saturated carbocycles. The zero-order valence-corrected chi connectivity index (χ0v) is 14.3. The predicted molar refractivity (Wildman–Crippen MR) is 88.0 cm³/mol. The lowest BCUT2D eigenvalue weighted by Crippen LogP contribution is -2.47. The van der Waals surface area contributed by atoms with Gasteiger partial charge in [-0.3, -0.25) is 9.59 Å². The van der Waals surface area contributed by atoms with E-state index in [-0.39, 0.29) is 24.4 Å². The van der Waals surface area contributed by atoms with E-state index in [2.05, 4.69) is 9.97 Å². The summed E-state index contributed by atoms with van der Waals surface area (Å²) in [7, 11) is 1.56. The molecule has 0 aliphatic carbocycles. The Balaban J connectivity index is 1.98. The number of methoxy groups -OCH3 is 1. The Labute approximate surface area is 141 Å². The molecule has 1 amide bonds. The number of carboxylic acid groups (broad SMARTS) is 1. The number of carboxylic acids is 1. The lowest BCUT2D eigenvalue weighted by molar-refractivity contribution is -0.148. The van der Waals surface area contributed by atoms with E-state index in [0.717, 1.165) is 0 Å². The van der Waals surface area contributed by atoms with Gasteiger partial charge in [0.05, 0.1) is 7.11 Å². The third kappa shape index (κ3) is 4.33. The maximum atomic E-state index is 12.6. The molecule has 1 aliphatic heterocycles. The molecule has 0 unspecified atom stereocenters. The summed E-state index contributed by atoms with van der Waals surface area (Å²) < 4.78 is 5.11. The molecule has 1 aliphatic rings. The minimum Gasteiger partial charge on any atom is -0.481 e. The lowest BCUT2D eigenvalue weighted by atomic mass is 9.95. The molecule has 1 saturated heterocycles. The summed E-state index contributed by atoms with van der Waals surface area (Å²) in [6.45, 7) is 4.72. The molecule has 2 heterocycles. The van der Waals surface area contributed by atoms with Gasteiger partial charge in [0, 0.05) is 37.3 Å². The van der Waals surface area contributed by atoms with Crippen molar-refractivity contribution in [1.29, 1.82) is 0 Å². The normalized spacial score (nSPS) is 15.4. The van der Waals surface area contributed by atoms with E-state index in [1.807, 2.05) is 18.7 Å². The number of carbonyl (C=O) groups excluding carboxylic acids is 1. The molecular formula is C16H24N4O4. The highest BCUT2D eigenvalue weighted by molar-refractivity contribution is 5.83. The highest BCUT2D eigenvalue weighted by atomic mass is 16.5. The number of nitrogens with zero attached hydrogens (tertiary/aromatic N) is 4. The van der Waals surface area contributed by atoms with Crippen LogP contribution in [-0.2, 0) is 9.59 Å². The smallest absolute Gasteiger partial charge is 0.323 e. The molecule has 0 bridgehead atoms. The predicted octanol–water partition coefficient (Wildman–Crippen LogP) is 1.02.